The monoisotopic (exact) mass is 251 g/mol. The molecule has 0 aliphatic heterocycles. The van der Waals surface area contributed by atoms with Crippen LogP contribution in [0.4, 0.5) is 0 Å². The van der Waals surface area contributed by atoms with E-state index >= 15 is 0 Å². The Bertz CT molecular complexity index is 501. The van der Waals surface area contributed by atoms with Gasteiger partial charge in [-0.1, -0.05) is 72.6 Å². The molecule has 2 rings (SSSR count). The van der Waals surface area contributed by atoms with Crippen molar-refractivity contribution in [1.82, 2.24) is 0 Å². The van der Waals surface area contributed by atoms with Crippen LogP contribution in [-0.4, -0.2) is 0 Å². The zero-order valence-corrected chi connectivity index (χ0v) is 10.9. The molecule has 2 aromatic carbocycles. The Hall–Kier alpha value is -1.90. The van der Waals surface area contributed by atoms with Gasteiger partial charge in [-0.05, 0) is 18.5 Å². The van der Waals surface area contributed by atoms with Gasteiger partial charge in [-0.3, -0.25) is 0 Å². The molecule has 0 saturated heterocycles. The van der Waals surface area contributed by atoms with E-state index < -0.39 is 7.92 Å². The van der Waals surface area contributed by atoms with E-state index in [-0.39, 0.29) is 0 Å². The van der Waals surface area contributed by atoms with Gasteiger partial charge in [0, 0.05) is 0 Å². The molecule has 0 aliphatic carbocycles. The summed E-state index contributed by atoms with van der Waals surface area (Å²) in [6.45, 7) is 0. The molecule has 0 atom stereocenters. The molecule has 0 heterocycles. The summed E-state index contributed by atoms with van der Waals surface area (Å²) in [6, 6.07) is 23.0. The van der Waals surface area contributed by atoms with Crippen molar-refractivity contribution in [3.8, 4) is 6.07 Å². The lowest BCUT2D eigenvalue weighted by Crippen LogP contribution is -2.09. The highest BCUT2D eigenvalue weighted by molar-refractivity contribution is 7.75. The van der Waals surface area contributed by atoms with Crippen molar-refractivity contribution in [3.05, 3.63) is 72.6 Å². The van der Waals surface area contributed by atoms with E-state index in [0.717, 1.165) is 0 Å². The van der Waals surface area contributed by atoms with E-state index in [1.165, 1.54) is 10.6 Å². The third kappa shape index (κ3) is 3.29. The van der Waals surface area contributed by atoms with Crippen LogP contribution in [0.3, 0.4) is 0 Å². The maximum absolute atomic E-state index is 8.63. The average Bonchev–Trinajstić information content (AvgIpc) is 2.46. The Balaban J connectivity index is 2.33. The lowest BCUT2D eigenvalue weighted by Gasteiger charge is -2.14. The van der Waals surface area contributed by atoms with Crippen LogP contribution in [-0.2, 0) is 0 Å². The van der Waals surface area contributed by atoms with Gasteiger partial charge in [0.2, 0.25) is 0 Å². The normalized spacial score (nSPS) is 10.7. The standard InChI is InChI=1S/C16H14NP/c17-13-7-8-14-18(15-9-3-1-4-10-15)16-11-5-2-6-12-16/h1-6,8-12,14H,7H2/b14-8+. The van der Waals surface area contributed by atoms with Gasteiger partial charge >= 0.3 is 0 Å². The first-order valence-corrected chi connectivity index (χ1v) is 7.26. The molecular weight excluding hydrogens is 237 g/mol. The van der Waals surface area contributed by atoms with Crippen LogP contribution in [0.1, 0.15) is 6.42 Å². The molecule has 0 unspecified atom stereocenters. The van der Waals surface area contributed by atoms with Crippen molar-refractivity contribution in [2.45, 2.75) is 6.42 Å². The molecule has 2 heteroatoms. The van der Waals surface area contributed by atoms with E-state index in [1.807, 2.05) is 18.2 Å². The Morgan fingerprint density at radius 1 is 0.889 bits per heavy atom. The zero-order chi connectivity index (χ0) is 12.6. The number of nitrogens with zero attached hydrogens (tertiary/aromatic N) is 1. The Kier molecular flexibility index (Phi) is 4.70. The van der Waals surface area contributed by atoms with Crippen molar-refractivity contribution in [1.29, 1.82) is 5.26 Å². The highest BCUT2D eigenvalue weighted by atomic mass is 31.1. The minimum Gasteiger partial charge on any atom is -0.198 e. The second kappa shape index (κ2) is 6.74. The molecule has 0 radical (unpaired) electrons. The second-order valence-electron chi connectivity index (χ2n) is 3.79. The van der Waals surface area contributed by atoms with Crippen molar-refractivity contribution in [3.63, 3.8) is 0 Å². The number of hydrogen-bond acceptors (Lipinski definition) is 1. The predicted octanol–water partition coefficient (Wildman–Crippen LogP) is 3.55. The van der Waals surface area contributed by atoms with Crippen LogP contribution in [0.5, 0.6) is 0 Å². The molecule has 1 nitrogen and oxygen atoms in total. The smallest absolute Gasteiger partial charge is 0.0663 e. The van der Waals surface area contributed by atoms with Gasteiger partial charge in [-0.15, -0.1) is 0 Å². The predicted molar refractivity (Wildman–Crippen MR) is 78.4 cm³/mol. The van der Waals surface area contributed by atoms with E-state index in [4.69, 9.17) is 5.26 Å². The summed E-state index contributed by atoms with van der Waals surface area (Å²) in [5, 5.41) is 11.3. The molecule has 0 aliphatic rings. The van der Waals surface area contributed by atoms with Gasteiger partial charge in [0.05, 0.1) is 12.5 Å². The third-order valence-corrected chi connectivity index (χ3v) is 4.75. The summed E-state index contributed by atoms with van der Waals surface area (Å²) in [5.41, 5.74) is 0. The first-order valence-electron chi connectivity index (χ1n) is 5.85. The largest absolute Gasteiger partial charge is 0.198 e. The molecule has 0 spiro atoms. The maximum Gasteiger partial charge on any atom is 0.0663 e. The molecule has 0 saturated carbocycles. The number of hydrogen-bond donors (Lipinski definition) is 0. The van der Waals surface area contributed by atoms with Gasteiger partial charge in [0.25, 0.3) is 0 Å². The molecule has 0 amide bonds. The molecule has 2 aromatic rings. The summed E-state index contributed by atoms with van der Waals surface area (Å²) < 4.78 is 0. The van der Waals surface area contributed by atoms with Crippen molar-refractivity contribution >= 4 is 18.5 Å². The highest BCUT2D eigenvalue weighted by Gasteiger charge is 2.08. The fourth-order valence-corrected chi connectivity index (χ4v) is 3.65. The molecule has 0 N–H and O–H groups in total. The summed E-state index contributed by atoms with van der Waals surface area (Å²) >= 11 is 0. The van der Waals surface area contributed by atoms with Crippen LogP contribution in [0.25, 0.3) is 0 Å². The topological polar surface area (TPSA) is 23.8 Å². The highest BCUT2D eigenvalue weighted by Crippen LogP contribution is 2.34. The quantitative estimate of drug-likeness (QED) is 0.762. The molecular formula is C16H14NP. The van der Waals surface area contributed by atoms with Gasteiger partial charge in [-0.25, -0.2) is 0 Å². The van der Waals surface area contributed by atoms with E-state index in [2.05, 4.69) is 60.4 Å². The number of allylic oxidation sites excluding steroid dienone is 1. The SMILES string of the molecule is N#CC/C=C/P(c1ccccc1)c1ccccc1. The van der Waals surface area contributed by atoms with Gasteiger partial charge in [-0.2, -0.15) is 5.26 Å². The summed E-state index contributed by atoms with van der Waals surface area (Å²) in [7, 11) is -0.494. The Morgan fingerprint density at radius 3 is 1.83 bits per heavy atom. The van der Waals surface area contributed by atoms with Crippen molar-refractivity contribution in [2.24, 2.45) is 0 Å². The van der Waals surface area contributed by atoms with Crippen LogP contribution < -0.4 is 10.6 Å². The second-order valence-corrected chi connectivity index (χ2v) is 5.86. The minimum absolute atomic E-state index is 0.471. The average molecular weight is 251 g/mol. The van der Waals surface area contributed by atoms with Crippen molar-refractivity contribution < 1.29 is 0 Å². The number of nitriles is 1. The summed E-state index contributed by atoms with van der Waals surface area (Å²) in [4.78, 5) is 0. The summed E-state index contributed by atoms with van der Waals surface area (Å²) in [5.74, 6) is 2.17. The molecule has 0 fully saturated rings. The fourth-order valence-electron chi connectivity index (χ4n) is 1.71. The van der Waals surface area contributed by atoms with Crippen LogP contribution in [0, 0.1) is 11.3 Å². The first-order chi connectivity index (χ1) is 8.92. The van der Waals surface area contributed by atoms with E-state index in [0.29, 0.717) is 6.42 Å². The van der Waals surface area contributed by atoms with Crippen LogP contribution >= 0.6 is 7.92 Å². The van der Waals surface area contributed by atoms with Crippen molar-refractivity contribution in [2.75, 3.05) is 0 Å². The lowest BCUT2D eigenvalue weighted by molar-refractivity contribution is 1.36. The third-order valence-electron chi connectivity index (χ3n) is 2.53. The van der Waals surface area contributed by atoms with Crippen LogP contribution in [0.15, 0.2) is 72.6 Å². The van der Waals surface area contributed by atoms with Gasteiger partial charge < -0.3 is 0 Å². The maximum atomic E-state index is 8.63. The minimum atomic E-state index is -0.494. The molecule has 88 valence electrons. The summed E-state index contributed by atoms with van der Waals surface area (Å²) in [6.07, 6.45) is 2.43. The van der Waals surface area contributed by atoms with Crippen LogP contribution in [0.2, 0.25) is 0 Å². The Morgan fingerprint density at radius 2 is 1.39 bits per heavy atom. The lowest BCUT2D eigenvalue weighted by atomic mass is 10.4. The van der Waals surface area contributed by atoms with Gasteiger partial charge in [0.1, 0.15) is 0 Å². The zero-order valence-electron chi connectivity index (χ0n) is 10.0. The first kappa shape index (κ1) is 12.6. The Labute approximate surface area is 109 Å². The van der Waals surface area contributed by atoms with E-state index in [1.54, 1.807) is 0 Å². The fraction of sp³-hybridized carbons (Fsp3) is 0.0625. The molecule has 0 aromatic heterocycles. The molecule has 0 bridgehead atoms. The van der Waals surface area contributed by atoms with E-state index in [9.17, 15) is 0 Å². The van der Waals surface area contributed by atoms with Gasteiger partial charge in [0.15, 0.2) is 0 Å². The number of rotatable bonds is 4. The molecule has 18 heavy (non-hydrogen) atoms. The number of benzene rings is 2.